The maximum absolute atomic E-state index is 12.8. The van der Waals surface area contributed by atoms with E-state index in [0.717, 1.165) is 36.0 Å². The van der Waals surface area contributed by atoms with Gasteiger partial charge in [-0.1, -0.05) is 24.6 Å². The molecule has 2 saturated heterocycles. The molecule has 3 atom stereocenters. The molecule has 7 nitrogen and oxygen atoms in total. The lowest BCUT2D eigenvalue weighted by Gasteiger charge is -2.46. The molecular formula is C18H23N3O4S. The summed E-state index contributed by atoms with van der Waals surface area (Å²) in [5, 5.41) is 4.55. The Labute approximate surface area is 153 Å². The van der Waals surface area contributed by atoms with Gasteiger partial charge in [0.15, 0.2) is 5.69 Å². The van der Waals surface area contributed by atoms with Crippen molar-refractivity contribution in [1.82, 2.24) is 14.1 Å². The van der Waals surface area contributed by atoms with Crippen LogP contribution in [0.4, 0.5) is 0 Å². The number of esters is 1. The molecule has 1 aromatic carbocycles. The van der Waals surface area contributed by atoms with Crippen LogP contribution in [0.3, 0.4) is 0 Å². The van der Waals surface area contributed by atoms with Gasteiger partial charge in [-0.2, -0.15) is 4.09 Å². The van der Waals surface area contributed by atoms with Gasteiger partial charge in [-0.25, -0.2) is 13.2 Å². The third-order valence-corrected chi connectivity index (χ3v) is 6.54. The molecule has 0 N–H and O–H groups in total. The van der Waals surface area contributed by atoms with E-state index >= 15 is 0 Å². The van der Waals surface area contributed by atoms with Crippen LogP contribution < -0.4 is 0 Å². The van der Waals surface area contributed by atoms with E-state index in [-0.39, 0.29) is 11.8 Å². The van der Waals surface area contributed by atoms with Gasteiger partial charge in [0.1, 0.15) is 6.10 Å². The topological polar surface area (TPSA) is 81.5 Å². The van der Waals surface area contributed by atoms with Gasteiger partial charge >= 0.3 is 5.97 Å². The maximum Gasteiger partial charge on any atom is 0.359 e. The number of hydrogen-bond acceptors (Lipinski definition) is 6. The van der Waals surface area contributed by atoms with Crippen molar-refractivity contribution in [2.75, 3.05) is 13.3 Å². The zero-order chi connectivity index (χ0) is 18.5. The van der Waals surface area contributed by atoms with Crippen LogP contribution in [-0.4, -0.2) is 60.0 Å². The van der Waals surface area contributed by atoms with E-state index in [1.54, 1.807) is 24.3 Å². The molecule has 1 aromatic heterocycles. The van der Waals surface area contributed by atoms with E-state index in [1.165, 1.54) is 6.42 Å². The Kier molecular flexibility index (Phi) is 4.27. The summed E-state index contributed by atoms with van der Waals surface area (Å²) < 4.78 is 30.6. The number of para-hydroxylation sites is 1. The number of carbonyl (C=O) groups is 1. The molecule has 26 heavy (non-hydrogen) atoms. The van der Waals surface area contributed by atoms with Crippen LogP contribution in [-0.2, 0) is 14.8 Å². The summed E-state index contributed by atoms with van der Waals surface area (Å²) >= 11 is 0. The van der Waals surface area contributed by atoms with Crippen LogP contribution in [0.1, 0.15) is 42.6 Å². The highest BCUT2D eigenvalue weighted by atomic mass is 32.2. The van der Waals surface area contributed by atoms with Crippen molar-refractivity contribution in [1.29, 1.82) is 0 Å². The van der Waals surface area contributed by atoms with Crippen LogP contribution in [0, 0.1) is 0 Å². The van der Waals surface area contributed by atoms with Crippen LogP contribution >= 0.6 is 0 Å². The molecule has 3 heterocycles. The molecule has 0 unspecified atom stereocenters. The lowest BCUT2D eigenvalue weighted by atomic mass is 9.83. The molecule has 2 bridgehead atoms. The minimum Gasteiger partial charge on any atom is -0.457 e. The van der Waals surface area contributed by atoms with Crippen molar-refractivity contribution in [3.05, 3.63) is 30.0 Å². The first-order valence-electron chi connectivity index (χ1n) is 8.96. The van der Waals surface area contributed by atoms with Gasteiger partial charge < -0.3 is 9.64 Å². The largest absolute Gasteiger partial charge is 0.457 e. The highest BCUT2D eigenvalue weighted by Crippen LogP contribution is 2.34. The van der Waals surface area contributed by atoms with Crippen molar-refractivity contribution in [2.45, 2.75) is 50.3 Å². The number of hydrogen-bond donors (Lipinski definition) is 0. The molecule has 2 aliphatic heterocycles. The van der Waals surface area contributed by atoms with Crippen molar-refractivity contribution >= 4 is 26.9 Å². The number of benzene rings is 1. The first-order chi connectivity index (χ1) is 12.3. The van der Waals surface area contributed by atoms with E-state index < -0.39 is 16.0 Å². The normalized spacial score (nSPS) is 26.8. The van der Waals surface area contributed by atoms with Crippen molar-refractivity contribution in [3.63, 3.8) is 0 Å². The first kappa shape index (κ1) is 17.5. The Hall–Kier alpha value is -1.93. The Morgan fingerprint density at radius 3 is 2.50 bits per heavy atom. The van der Waals surface area contributed by atoms with E-state index in [2.05, 4.69) is 17.0 Å². The molecule has 0 spiro atoms. The zero-order valence-electron chi connectivity index (χ0n) is 15.0. The Bertz CT molecular complexity index is 938. The predicted octanol–water partition coefficient (Wildman–Crippen LogP) is 2.02. The summed E-state index contributed by atoms with van der Waals surface area (Å²) in [7, 11) is -1.46. The van der Waals surface area contributed by atoms with Gasteiger partial charge in [-0.05, 0) is 26.0 Å². The summed E-state index contributed by atoms with van der Waals surface area (Å²) in [5.41, 5.74) is 0.456. The van der Waals surface area contributed by atoms with E-state index in [0.29, 0.717) is 23.0 Å². The molecule has 4 rings (SSSR count). The average molecular weight is 377 g/mol. The first-order valence-corrected chi connectivity index (χ1v) is 10.8. The number of rotatable bonds is 3. The monoisotopic (exact) mass is 377 g/mol. The second-order valence-corrected chi connectivity index (χ2v) is 9.19. The predicted molar refractivity (Wildman–Crippen MR) is 97.6 cm³/mol. The third-order valence-electron chi connectivity index (χ3n) is 5.63. The zero-order valence-corrected chi connectivity index (χ0v) is 15.8. The van der Waals surface area contributed by atoms with Gasteiger partial charge in [0.2, 0.25) is 0 Å². The van der Waals surface area contributed by atoms with Crippen LogP contribution in [0.25, 0.3) is 10.9 Å². The second kappa shape index (κ2) is 6.35. The Morgan fingerprint density at radius 2 is 1.85 bits per heavy atom. The van der Waals surface area contributed by atoms with Gasteiger partial charge in [-0.15, -0.1) is 5.10 Å². The quantitative estimate of drug-likeness (QED) is 0.761. The summed E-state index contributed by atoms with van der Waals surface area (Å²) in [4.78, 5) is 15.2. The van der Waals surface area contributed by atoms with Gasteiger partial charge in [0.05, 0.1) is 11.8 Å². The number of nitrogens with zero attached hydrogens (tertiary/aromatic N) is 3. The molecule has 140 valence electrons. The molecule has 0 amide bonds. The molecule has 2 aliphatic rings. The lowest BCUT2D eigenvalue weighted by molar-refractivity contribution is -0.0321. The summed E-state index contributed by atoms with van der Waals surface area (Å²) in [5.74, 6) is -0.545. The molecule has 2 aromatic rings. The minimum absolute atomic E-state index is 0.0649. The molecule has 8 heteroatoms. The third kappa shape index (κ3) is 3.01. The van der Waals surface area contributed by atoms with E-state index in [4.69, 9.17) is 4.74 Å². The Balaban J connectivity index is 1.61. The average Bonchev–Trinajstić information content (AvgIpc) is 2.96. The van der Waals surface area contributed by atoms with E-state index in [9.17, 15) is 13.2 Å². The minimum atomic E-state index is -3.60. The molecule has 2 fully saturated rings. The highest BCUT2D eigenvalue weighted by Gasteiger charge is 2.38. The Morgan fingerprint density at radius 1 is 1.19 bits per heavy atom. The number of ether oxygens (including phenoxy) is 1. The van der Waals surface area contributed by atoms with Crippen LogP contribution in [0.15, 0.2) is 24.3 Å². The van der Waals surface area contributed by atoms with Crippen molar-refractivity contribution in [2.24, 2.45) is 0 Å². The van der Waals surface area contributed by atoms with Crippen molar-refractivity contribution < 1.29 is 17.9 Å². The van der Waals surface area contributed by atoms with E-state index in [1.807, 2.05) is 0 Å². The number of fused-ring (bicyclic) bond motifs is 3. The highest BCUT2D eigenvalue weighted by molar-refractivity contribution is 7.89. The maximum atomic E-state index is 12.8. The summed E-state index contributed by atoms with van der Waals surface area (Å²) in [6.45, 7) is 0. The molecule has 0 radical (unpaired) electrons. The van der Waals surface area contributed by atoms with Crippen LogP contribution in [0.5, 0.6) is 0 Å². The fourth-order valence-corrected chi connectivity index (χ4v) is 5.06. The van der Waals surface area contributed by atoms with Crippen molar-refractivity contribution in [3.8, 4) is 0 Å². The smallest absolute Gasteiger partial charge is 0.359 e. The summed E-state index contributed by atoms with van der Waals surface area (Å²) in [6.07, 6.45) is 6.06. The number of carbonyl (C=O) groups excluding carboxylic acids is 1. The lowest BCUT2D eigenvalue weighted by Crippen LogP contribution is -2.52. The van der Waals surface area contributed by atoms with Gasteiger partial charge in [0.25, 0.3) is 10.0 Å². The second-order valence-electron chi connectivity index (χ2n) is 7.37. The molecule has 0 saturated carbocycles. The number of piperidine rings is 2. The molecular weight excluding hydrogens is 354 g/mol. The SMILES string of the molecule is CN1[C@@H]2CCC[C@H]1C[C@H](OC(=O)c1nn(S(C)(=O)=O)c3ccccc13)C2. The van der Waals surface area contributed by atoms with Gasteiger partial charge in [0, 0.05) is 30.3 Å². The molecule has 0 aliphatic carbocycles. The standard InChI is InChI=1S/C18H23N3O4S/c1-20-12-6-5-7-13(20)11-14(10-12)25-18(22)17-15-8-3-4-9-16(15)21(19-17)26(2,23)24/h3-4,8-9,12-14H,5-7,10-11H2,1-2H3/t12-,13+,14-. The van der Waals surface area contributed by atoms with Gasteiger partial charge in [-0.3, -0.25) is 0 Å². The van der Waals surface area contributed by atoms with Crippen LogP contribution in [0.2, 0.25) is 0 Å². The fraction of sp³-hybridized carbons (Fsp3) is 0.556. The fourth-order valence-electron chi connectivity index (χ4n) is 4.31. The summed E-state index contributed by atoms with van der Waals surface area (Å²) in [6, 6.07) is 7.72. The number of aromatic nitrogens is 2.